The molecule has 2 aliphatic heterocycles. The molecule has 9 heteroatoms. The van der Waals surface area contributed by atoms with E-state index < -0.39 is 11.3 Å². The monoisotopic (exact) mass is 707 g/mol. The summed E-state index contributed by atoms with van der Waals surface area (Å²) in [4.78, 5) is 20.0. The molecule has 2 atom stereocenters. The number of piperazine rings is 1. The maximum absolute atomic E-state index is 14.0. The molecule has 0 radical (unpaired) electrons. The first-order valence-electron chi connectivity index (χ1n) is 18.1. The Bertz CT molecular complexity index is 2400. The Hall–Kier alpha value is -6.11. The summed E-state index contributed by atoms with van der Waals surface area (Å²) in [5.74, 6) is 8.06. The van der Waals surface area contributed by atoms with Crippen molar-refractivity contribution < 1.29 is 24.1 Å². The predicted molar refractivity (Wildman–Crippen MR) is 207 cm³/mol. The van der Waals surface area contributed by atoms with Crippen LogP contribution in [0.4, 0.5) is 5.82 Å². The topological polar surface area (TPSA) is 120 Å². The highest BCUT2D eigenvalue weighted by Gasteiger charge is 2.31. The minimum atomic E-state index is -0.541. The van der Waals surface area contributed by atoms with Gasteiger partial charge in [-0.05, 0) is 59.9 Å². The number of aromatic amines is 1. The van der Waals surface area contributed by atoms with Crippen molar-refractivity contribution in [2.75, 3.05) is 38.3 Å². The summed E-state index contributed by atoms with van der Waals surface area (Å²) >= 11 is 0. The Kier molecular flexibility index (Phi) is 9.30. The van der Waals surface area contributed by atoms with Gasteiger partial charge in [0.05, 0.1) is 31.2 Å². The second-order valence-corrected chi connectivity index (χ2v) is 13.5. The van der Waals surface area contributed by atoms with Gasteiger partial charge in [0, 0.05) is 48.9 Å². The first kappa shape index (κ1) is 34.0. The number of fused-ring (bicyclic) bond motifs is 8. The molecule has 8 rings (SSSR count). The molecular formula is C44H41N3O6. The molecule has 1 saturated heterocycles. The quantitative estimate of drug-likeness (QED) is 0.123. The molecule has 9 nitrogen and oxygen atoms in total. The fraction of sp³-hybridized carbons (Fsp3) is 0.250. The van der Waals surface area contributed by atoms with Gasteiger partial charge in [-0.25, -0.2) is 0 Å². The zero-order valence-corrected chi connectivity index (χ0v) is 29.7. The van der Waals surface area contributed by atoms with Gasteiger partial charge < -0.3 is 39.3 Å². The van der Waals surface area contributed by atoms with Crippen molar-refractivity contribution in [2.45, 2.75) is 38.1 Å². The number of rotatable bonds is 8. The van der Waals surface area contributed by atoms with Crippen LogP contribution in [0.3, 0.4) is 0 Å². The molecule has 0 unspecified atom stereocenters. The Morgan fingerprint density at radius 3 is 2.57 bits per heavy atom. The summed E-state index contributed by atoms with van der Waals surface area (Å²) in [7, 11) is 1.46. The van der Waals surface area contributed by atoms with Crippen molar-refractivity contribution in [3.63, 3.8) is 0 Å². The van der Waals surface area contributed by atoms with E-state index in [2.05, 4.69) is 64.3 Å². The van der Waals surface area contributed by atoms with E-state index in [1.807, 2.05) is 30.3 Å². The number of aryl methyl sites for hydroxylation is 1. The van der Waals surface area contributed by atoms with Gasteiger partial charge in [-0.3, -0.25) is 4.79 Å². The number of nitrogens with zero attached hydrogens (tertiary/aromatic N) is 1. The van der Waals surface area contributed by atoms with Gasteiger partial charge in [-0.15, -0.1) is 0 Å². The zero-order chi connectivity index (χ0) is 36.5. The minimum absolute atomic E-state index is 0.0116. The lowest BCUT2D eigenvalue weighted by Crippen LogP contribution is -2.50. The maximum atomic E-state index is 14.0. The van der Waals surface area contributed by atoms with Crippen molar-refractivity contribution in [2.24, 2.45) is 0 Å². The lowest BCUT2D eigenvalue weighted by atomic mass is 9.88. The van der Waals surface area contributed by atoms with E-state index in [0.717, 1.165) is 47.6 Å². The van der Waals surface area contributed by atoms with Gasteiger partial charge in [0.15, 0.2) is 22.5 Å². The van der Waals surface area contributed by atoms with Crippen LogP contribution in [-0.2, 0) is 19.3 Å². The number of H-pyrrole nitrogens is 1. The Balaban J connectivity index is 1.35. The maximum Gasteiger partial charge on any atom is 0.204 e. The number of methoxy groups -OCH3 is 1. The molecule has 2 aliphatic rings. The molecule has 268 valence electrons. The minimum Gasteiger partial charge on any atom is -0.508 e. The molecule has 1 fully saturated rings. The number of aromatic nitrogens is 1. The van der Waals surface area contributed by atoms with E-state index >= 15 is 0 Å². The summed E-state index contributed by atoms with van der Waals surface area (Å²) in [5.41, 5.74) is 6.40. The van der Waals surface area contributed by atoms with Gasteiger partial charge in [0.25, 0.3) is 0 Å². The van der Waals surface area contributed by atoms with Crippen LogP contribution in [0, 0.1) is 11.8 Å². The smallest absolute Gasteiger partial charge is 0.204 e. The van der Waals surface area contributed by atoms with Crippen LogP contribution < -0.4 is 25.1 Å². The lowest BCUT2D eigenvalue weighted by Gasteiger charge is -2.33. The molecule has 0 saturated carbocycles. The summed E-state index contributed by atoms with van der Waals surface area (Å²) in [6, 6.07) is 28.4. The summed E-state index contributed by atoms with van der Waals surface area (Å²) in [6.07, 6.45) is 1.95. The van der Waals surface area contributed by atoms with Crippen LogP contribution in [0.1, 0.15) is 35.2 Å². The number of ether oxygens (including phenoxy) is 2. The molecule has 4 N–H and O–H groups in total. The van der Waals surface area contributed by atoms with Gasteiger partial charge in [-0.1, -0.05) is 73.4 Å². The molecule has 6 aromatic rings. The van der Waals surface area contributed by atoms with Crippen molar-refractivity contribution in [3.8, 4) is 57.3 Å². The Morgan fingerprint density at radius 1 is 0.943 bits per heavy atom. The second kappa shape index (κ2) is 14.5. The fourth-order valence-corrected chi connectivity index (χ4v) is 7.42. The van der Waals surface area contributed by atoms with Crippen LogP contribution in [0.25, 0.3) is 33.4 Å². The van der Waals surface area contributed by atoms with Crippen molar-refractivity contribution in [3.05, 3.63) is 124 Å². The number of hydrogen-bond acceptors (Lipinski definition) is 8. The molecule has 0 aliphatic carbocycles. The first-order chi connectivity index (χ1) is 25.9. The SMILES string of the molecule is CCc1cc2c([nH]1)N1CCN[C@@H](C#C[C@@H](c3c(OCCc4ccccc4)c(OC)c(O)c4c(=O)cc(-c5ccc(O)cc5)oc34)Cc3cccc-2c3)C1. The highest BCUT2D eigenvalue weighted by Crippen LogP contribution is 2.49. The molecule has 0 amide bonds. The van der Waals surface area contributed by atoms with E-state index in [1.165, 1.54) is 31.0 Å². The van der Waals surface area contributed by atoms with Gasteiger partial charge in [0.1, 0.15) is 22.7 Å². The van der Waals surface area contributed by atoms with Gasteiger partial charge >= 0.3 is 0 Å². The Morgan fingerprint density at radius 2 is 1.77 bits per heavy atom. The standard InChI is InChI=1S/C44H41N3O6/c1-3-32-24-35-30-11-7-10-28(22-30)23-31(12-15-33-26-47(20-19-45-33)44(35)46-32)38-41-39(36(49)25-37(53-41)29-13-16-34(48)17-14-29)40(50)43(51-2)42(38)52-21-18-27-8-5-4-6-9-27/h4-11,13-14,16-17,22,24-25,31,33,45-46,48,50H,3,18-21,23,26H2,1-2H3/t31-,33+/m1/s1. The van der Waals surface area contributed by atoms with Crippen LogP contribution >= 0.6 is 0 Å². The fourth-order valence-electron chi connectivity index (χ4n) is 7.42. The third-order valence-corrected chi connectivity index (χ3v) is 10.1. The van der Waals surface area contributed by atoms with Crippen molar-refractivity contribution >= 4 is 16.8 Å². The van der Waals surface area contributed by atoms with Gasteiger partial charge in [0.2, 0.25) is 5.75 Å². The van der Waals surface area contributed by atoms with Gasteiger partial charge in [-0.2, -0.15) is 0 Å². The third-order valence-electron chi connectivity index (χ3n) is 10.1. The number of benzene rings is 4. The zero-order valence-electron chi connectivity index (χ0n) is 29.7. The second-order valence-electron chi connectivity index (χ2n) is 13.5. The van der Waals surface area contributed by atoms with Crippen molar-refractivity contribution in [1.82, 2.24) is 10.3 Å². The molecular weight excluding hydrogens is 666 g/mol. The van der Waals surface area contributed by atoms with E-state index in [1.54, 1.807) is 12.1 Å². The molecule has 4 heterocycles. The molecule has 4 bridgehead atoms. The van der Waals surface area contributed by atoms with E-state index in [4.69, 9.17) is 13.9 Å². The largest absolute Gasteiger partial charge is 0.508 e. The van der Waals surface area contributed by atoms with E-state index in [9.17, 15) is 15.0 Å². The van der Waals surface area contributed by atoms with Crippen molar-refractivity contribution in [1.29, 1.82) is 0 Å². The number of hydrogen-bond donors (Lipinski definition) is 4. The highest BCUT2D eigenvalue weighted by molar-refractivity contribution is 5.93. The summed E-state index contributed by atoms with van der Waals surface area (Å²) in [6.45, 7) is 4.70. The average Bonchev–Trinajstić information content (AvgIpc) is 3.62. The third kappa shape index (κ3) is 6.70. The molecule has 2 aromatic heterocycles. The predicted octanol–water partition coefficient (Wildman–Crippen LogP) is 7.18. The van der Waals surface area contributed by atoms with Crippen LogP contribution in [0.2, 0.25) is 0 Å². The average molecular weight is 708 g/mol. The number of phenols is 2. The number of phenolic OH excluding ortho intramolecular Hbond substituents is 2. The van der Waals surface area contributed by atoms with Crippen LogP contribution in [0.5, 0.6) is 23.0 Å². The highest BCUT2D eigenvalue weighted by atomic mass is 16.5. The summed E-state index contributed by atoms with van der Waals surface area (Å²) in [5, 5.41) is 25.2. The number of aromatic hydroxyl groups is 2. The first-order valence-corrected chi connectivity index (χ1v) is 18.1. The van der Waals surface area contributed by atoms with E-state index in [0.29, 0.717) is 30.5 Å². The van der Waals surface area contributed by atoms with E-state index in [-0.39, 0.29) is 52.4 Å². The Labute approximate surface area is 307 Å². The molecule has 4 aromatic carbocycles. The summed E-state index contributed by atoms with van der Waals surface area (Å²) < 4.78 is 19.1. The molecule has 0 spiro atoms. The normalized spacial score (nSPS) is 16.5. The van der Waals surface area contributed by atoms with Crippen LogP contribution in [-0.4, -0.2) is 54.6 Å². The molecule has 53 heavy (non-hydrogen) atoms. The number of anilines is 1. The van der Waals surface area contributed by atoms with Crippen LogP contribution in [0.15, 0.2) is 100 Å². The lowest BCUT2D eigenvalue weighted by molar-refractivity contribution is 0.286. The number of nitrogens with one attached hydrogen (secondary N) is 2.